The molecule has 0 radical (unpaired) electrons. The molecule has 1 atom stereocenters. The quantitative estimate of drug-likeness (QED) is 0.201. The van der Waals surface area contributed by atoms with Crippen molar-refractivity contribution in [1.82, 2.24) is 10.3 Å². The zero-order valence-corrected chi connectivity index (χ0v) is 12.3. The molecule has 0 aliphatic carbocycles. The van der Waals surface area contributed by atoms with Crippen LogP contribution in [0.3, 0.4) is 0 Å². The largest absolute Gasteiger partial charge is 0.398 e. The Hall–Kier alpha value is -2.61. The van der Waals surface area contributed by atoms with Crippen molar-refractivity contribution >= 4 is 29.1 Å². The third-order valence-corrected chi connectivity index (χ3v) is 3.46. The van der Waals surface area contributed by atoms with E-state index >= 15 is 0 Å². The smallest absolute Gasteiger partial charge is 0.272 e. The Kier molecular flexibility index (Phi) is 4.62. The van der Waals surface area contributed by atoms with Crippen molar-refractivity contribution in [3.05, 3.63) is 23.8 Å². The van der Waals surface area contributed by atoms with E-state index in [0.717, 1.165) is 5.01 Å². The average molecular weight is 305 g/mol. The first-order valence-electron chi connectivity index (χ1n) is 7.00. The first kappa shape index (κ1) is 15.8. The van der Waals surface area contributed by atoms with Gasteiger partial charge in [-0.15, -0.1) is 0 Å². The Morgan fingerprint density at radius 1 is 1.45 bits per heavy atom. The Labute approximate surface area is 127 Å². The SMILES string of the molecule is CCNc1cccc(N)c1C(=O)N(N)C1CCC(=O)NC1=O. The standard InChI is InChI=1S/C14H19N5O3/c1-2-17-9-5-3-4-8(15)12(9)14(22)19(16)10-6-7-11(20)18-13(10)21/h3-5,10,17H,2,6-7,15-16H2,1H3,(H,18,20,21). The van der Waals surface area contributed by atoms with Gasteiger partial charge in [0.1, 0.15) is 6.04 Å². The number of anilines is 2. The average Bonchev–Trinajstić information content (AvgIpc) is 2.46. The minimum Gasteiger partial charge on any atom is -0.398 e. The second kappa shape index (κ2) is 6.44. The van der Waals surface area contributed by atoms with E-state index in [0.29, 0.717) is 12.2 Å². The van der Waals surface area contributed by atoms with Gasteiger partial charge in [0, 0.05) is 24.3 Å². The van der Waals surface area contributed by atoms with Gasteiger partial charge in [0.15, 0.2) is 0 Å². The van der Waals surface area contributed by atoms with Crippen LogP contribution < -0.4 is 22.2 Å². The fraction of sp³-hybridized carbons (Fsp3) is 0.357. The van der Waals surface area contributed by atoms with Crippen LogP contribution >= 0.6 is 0 Å². The van der Waals surface area contributed by atoms with Gasteiger partial charge in [-0.1, -0.05) is 6.07 Å². The number of rotatable bonds is 4. The second-order valence-corrected chi connectivity index (χ2v) is 4.98. The molecule has 6 N–H and O–H groups in total. The zero-order chi connectivity index (χ0) is 16.3. The summed E-state index contributed by atoms with van der Waals surface area (Å²) in [4.78, 5) is 35.6. The molecule has 1 aliphatic heterocycles. The molecule has 1 aromatic rings. The molecule has 2 rings (SSSR count). The lowest BCUT2D eigenvalue weighted by Gasteiger charge is -2.29. The number of benzene rings is 1. The first-order chi connectivity index (χ1) is 10.5. The maximum Gasteiger partial charge on any atom is 0.272 e. The van der Waals surface area contributed by atoms with Crippen molar-refractivity contribution in [2.75, 3.05) is 17.6 Å². The molecule has 3 amide bonds. The van der Waals surface area contributed by atoms with Crippen LogP contribution in [0.2, 0.25) is 0 Å². The van der Waals surface area contributed by atoms with E-state index < -0.39 is 17.9 Å². The lowest BCUT2D eigenvalue weighted by Crippen LogP contribution is -2.57. The second-order valence-electron chi connectivity index (χ2n) is 4.98. The van der Waals surface area contributed by atoms with Gasteiger partial charge in [-0.3, -0.25) is 24.7 Å². The molecule has 8 nitrogen and oxygen atoms in total. The molecule has 22 heavy (non-hydrogen) atoms. The highest BCUT2D eigenvalue weighted by molar-refractivity contribution is 6.07. The van der Waals surface area contributed by atoms with Crippen LogP contribution in [0.5, 0.6) is 0 Å². The van der Waals surface area contributed by atoms with E-state index in [-0.39, 0.29) is 30.0 Å². The summed E-state index contributed by atoms with van der Waals surface area (Å²) in [6, 6.07) is 4.13. The summed E-state index contributed by atoms with van der Waals surface area (Å²) in [6.45, 7) is 2.49. The Balaban J connectivity index is 2.28. The fourth-order valence-corrected chi connectivity index (χ4v) is 2.36. The first-order valence-corrected chi connectivity index (χ1v) is 7.00. The van der Waals surface area contributed by atoms with Crippen LogP contribution in [0.25, 0.3) is 0 Å². The molecular formula is C14H19N5O3. The van der Waals surface area contributed by atoms with Crippen molar-refractivity contribution in [3.63, 3.8) is 0 Å². The highest BCUT2D eigenvalue weighted by Crippen LogP contribution is 2.24. The summed E-state index contributed by atoms with van der Waals surface area (Å²) in [5.74, 6) is 4.31. The van der Waals surface area contributed by atoms with Gasteiger partial charge in [0.2, 0.25) is 5.91 Å². The van der Waals surface area contributed by atoms with Gasteiger partial charge in [0.05, 0.1) is 5.56 Å². The number of nitrogen functional groups attached to an aromatic ring is 1. The number of carbonyl (C=O) groups is 3. The molecule has 1 heterocycles. The molecule has 1 fully saturated rings. The third kappa shape index (κ3) is 3.01. The van der Waals surface area contributed by atoms with E-state index in [2.05, 4.69) is 10.6 Å². The predicted molar refractivity (Wildman–Crippen MR) is 81.5 cm³/mol. The van der Waals surface area contributed by atoms with E-state index in [9.17, 15) is 14.4 Å². The van der Waals surface area contributed by atoms with Crippen molar-refractivity contribution in [2.45, 2.75) is 25.8 Å². The Morgan fingerprint density at radius 3 is 2.82 bits per heavy atom. The van der Waals surface area contributed by atoms with Crippen LogP contribution in [-0.4, -0.2) is 35.3 Å². The number of hydrazine groups is 1. The molecule has 1 unspecified atom stereocenters. The number of hydrogen-bond acceptors (Lipinski definition) is 6. The van der Waals surface area contributed by atoms with Gasteiger partial charge >= 0.3 is 0 Å². The number of imide groups is 1. The number of piperidine rings is 1. The molecule has 0 aromatic heterocycles. The van der Waals surface area contributed by atoms with E-state index in [1.807, 2.05) is 6.92 Å². The normalized spacial score (nSPS) is 17.8. The van der Waals surface area contributed by atoms with Gasteiger partial charge in [-0.25, -0.2) is 5.84 Å². The fourth-order valence-electron chi connectivity index (χ4n) is 2.36. The predicted octanol–water partition coefficient (Wildman–Crippen LogP) is -0.178. The van der Waals surface area contributed by atoms with Crippen molar-refractivity contribution in [2.24, 2.45) is 5.84 Å². The van der Waals surface area contributed by atoms with Crippen molar-refractivity contribution < 1.29 is 14.4 Å². The van der Waals surface area contributed by atoms with Crippen molar-refractivity contribution in [1.29, 1.82) is 0 Å². The zero-order valence-electron chi connectivity index (χ0n) is 12.3. The number of carbonyl (C=O) groups excluding carboxylic acids is 3. The highest BCUT2D eigenvalue weighted by atomic mass is 16.2. The Morgan fingerprint density at radius 2 is 2.18 bits per heavy atom. The highest BCUT2D eigenvalue weighted by Gasteiger charge is 2.34. The van der Waals surface area contributed by atoms with Crippen LogP contribution in [0.1, 0.15) is 30.1 Å². The summed E-state index contributed by atoms with van der Waals surface area (Å²) in [6.07, 6.45) is 0.331. The number of amides is 3. The molecule has 0 bridgehead atoms. The number of hydrogen-bond donors (Lipinski definition) is 4. The molecule has 1 saturated heterocycles. The van der Waals surface area contributed by atoms with Crippen molar-refractivity contribution in [3.8, 4) is 0 Å². The topological polar surface area (TPSA) is 131 Å². The lowest BCUT2D eigenvalue weighted by atomic mass is 10.0. The van der Waals surface area contributed by atoms with Gasteiger partial charge < -0.3 is 11.1 Å². The van der Waals surface area contributed by atoms with E-state index in [1.165, 1.54) is 0 Å². The molecule has 1 aliphatic rings. The maximum absolute atomic E-state index is 12.6. The van der Waals surface area contributed by atoms with E-state index in [4.69, 9.17) is 11.6 Å². The summed E-state index contributed by atoms with van der Waals surface area (Å²) in [7, 11) is 0. The van der Waals surface area contributed by atoms with Gasteiger partial charge in [-0.05, 0) is 25.5 Å². The summed E-state index contributed by atoms with van der Waals surface area (Å²) in [5.41, 5.74) is 6.92. The molecule has 0 spiro atoms. The van der Waals surface area contributed by atoms with Crippen LogP contribution in [0.15, 0.2) is 18.2 Å². The van der Waals surface area contributed by atoms with Gasteiger partial charge in [0.25, 0.3) is 11.8 Å². The molecule has 118 valence electrons. The maximum atomic E-state index is 12.6. The minimum absolute atomic E-state index is 0.141. The third-order valence-electron chi connectivity index (χ3n) is 3.46. The molecule has 1 aromatic carbocycles. The van der Waals surface area contributed by atoms with Crippen LogP contribution in [0, 0.1) is 0 Å². The van der Waals surface area contributed by atoms with Crippen LogP contribution in [0.4, 0.5) is 11.4 Å². The minimum atomic E-state index is -0.890. The lowest BCUT2D eigenvalue weighted by molar-refractivity contribution is -0.136. The molecule has 8 heteroatoms. The number of nitrogens with one attached hydrogen (secondary N) is 2. The van der Waals surface area contributed by atoms with Gasteiger partial charge in [-0.2, -0.15) is 0 Å². The number of nitrogens with zero attached hydrogens (tertiary/aromatic N) is 1. The molecular weight excluding hydrogens is 286 g/mol. The summed E-state index contributed by atoms with van der Waals surface area (Å²) >= 11 is 0. The molecule has 0 saturated carbocycles. The Bertz CT molecular complexity index is 616. The summed E-state index contributed by atoms with van der Waals surface area (Å²) < 4.78 is 0. The summed E-state index contributed by atoms with van der Waals surface area (Å²) in [5, 5.41) is 6.05. The number of nitrogens with two attached hydrogens (primary N) is 2. The van der Waals surface area contributed by atoms with Crippen LogP contribution in [-0.2, 0) is 9.59 Å². The van der Waals surface area contributed by atoms with E-state index in [1.54, 1.807) is 18.2 Å². The monoisotopic (exact) mass is 305 g/mol.